The van der Waals surface area contributed by atoms with Gasteiger partial charge in [0.05, 0.1) is 25.4 Å². The minimum Gasteiger partial charge on any atom is -0.493 e. The first-order valence-corrected chi connectivity index (χ1v) is 10.8. The Morgan fingerprint density at radius 1 is 0.903 bits per heavy atom. The molecule has 0 spiro atoms. The Bertz CT molecular complexity index is 904. The van der Waals surface area contributed by atoms with Crippen LogP contribution >= 0.6 is 0 Å². The van der Waals surface area contributed by atoms with Crippen molar-refractivity contribution < 1.29 is 23.5 Å². The molecule has 6 nitrogen and oxygen atoms in total. The van der Waals surface area contributed by atoms with Gasteiger partial charge in [-0.25, -0.2) is 4.39 Å². The highest BCUT2D eigenvalue weighted by Gasteiger charge is 2.25. The Balaban J connectivity index is 1.24. The molecule has 164 valence electrons. The second-order valence-corrected chi connectivity index (χ2v) is 7.96. The quantitative estimate of drug-likeness (QED) is 0.737. The van der Waals surface area contributed by atoms with E-state index in [1.807, 2.05) is 12.1 Å². The van der Waals surface area contributed by atoms with E-state index in [-0.39, 0.29) is 17.4 Å². The van der Waals surface area contributed by atoms with E-state index in [1.165, 1.54) is 12.1 Å². The van der Waals surface area contributed by atoms with Gasteiger partial charge >= 0.3 is 0 Å². The Kier molecular flexibility index (Phi) is 6.82. The normalized spacial score (nSPS) is 17.5. The zero-order valence-corrected chi connectivity index (χ0v) is 17.5. The van der Waals surface area contributed by atoms with Crippen molar-refractivity contribution >= 4 is 11.8 Å². The Morgan fingerprint density at radius 3 is 2.23 bits per heavy atom. The molecule has 0 aliphatic carbocycles. The lowest BCUT2D eigenvalue weighted by Gasteiger charge is -2.32. The second kappa shape index (κ2) is 9.92. The summed E-state index contributed by atoms with van der Waals surface area (Å²) in [4.78, 5) is 28.5. The highest BCUT2D eigenvalue weighted by molar-refractivity contribution is 5.95. The van der Waals surface area contributed by atoms with E-state index in [4.69, 9.17) is 9.47 Å². The van der Waals surface area contributed by atoms with Crippen LogP contribution in [-0.4, -0.2) is 67.6 Å². The maximum absolute atomic E-state index is 13.9. The fourth-order valence-corrected chi connectivity index (χ4v) is 3.96. The molecule has 31 heavy (non-hydrogen) atoms. The zero-order valence-electron chi connectivity index (χ0n) is 17.5. The fourth-order valence-electron chi connectivity index (χ4n) is 3.96. The van der Waals surface area contributed by atoms with Gasteiger partial charge in [-0.1, -0.05) is 12.1 Å². The lowest BCUT2D eigenvalue weighted by molar-refractivity contribution is 0.0303. The van der Waals surface area contributed by atoms with Gasteiger partial charge in [0.1, 0.15) is 11.6 Å². The van der Waals surface area contributed by atoms with Crippen molar-refractivity contribution in [3.63, 3.8) is 0 Å². The van der Waals surface area contributed by atoms with Crippen LogP contribution in [-0.2, 0) is 4.74 Å². The number of ether oxygens (including phenoxy) is 2. The lowest BCUT2D eigenvalue weighted by atomic mass is 9.97. The number of likely N-dealkylation sites (tertiary alicyclic amines) is 1. The van der Waals surface area contributed by atoms with Crippen molar-refractivity contribution in [2.75, 3.05) is 46.0 Å². The number of carbonyl (C=O) groups excluding carboxylic acids is 2. The predicted molar refractivity (Wildman–Crippen MR) is 114 cm³/mol. The summed E-state index contributed by atoms with van der Waals surface area (Å²) in [6.45, 7) is 4.14. The first-order chi connectivity index (χ1) is 15.1. The summed E-state index contributed by atoms with van der Waals surface area (Å²) < 4.78 is 25.1. The molecule has 2 aliphatic heterocycles. The molecule has 2 heterocycles. The monoisotopic (exact) mass is 426 g/mol. The van der Waals surface area contributed by atoms with Crippen LogP contribution in [0.1, 0.15) is 33.6 Å². The van der Waals surface area contributed by atoms with Gasteiger partial charge in [-0.2, -0.15) is 0 Å². The van der Waals surface area contributed by atoms with E-state index in [1.54, 1.807) is 34.1 Å². The molecule has 0 unspecified atom stereocenters. The summed E-state index contributed by atoms with van der Waals surface area (Å²) >= 11 is 0. The van der Waals surface area contributed by atoms with Crippen molar-refractivity contribution in [3.05, 3.63) is 65.5 Å². The van der Waals surface area contributed by atoms with Crippen molar-refractivity contribution in [2.24, 2.45) is 5.92 Å². The molecule has 4 rings (SSSR count). The number of nitrogens with zero attached hydrogens (tertiary/aromatic N) is 2. The van der Waals surface area contributed by atoms with Gasteiger partial charge in [0.2, 0.25) is 0 Å². The number of hydrogen-bond acceptors (Lipinski definition) is 4. The Morgan fingerprint density at radius 2 is 1.55 bits per heavy atom. The average Bonchev–Trinajstić information content (AvgIpc) is 2.83. The van der Waals surface area contributed by atoms with E-state index in [2.05, 4.69) is 0 Å². The highest BCUT2D eigenvalue weighted by atomic mass is 19.1. The van der Waals surface area contributed by atoms with E-state index >= 15 is 0 Å². The van der Waals surface area contributed by atoms with E-state index < -0.39 is 5.82 Å². The molecule has 7 heteroatoms. The molecule has 2 fully saturated rings. The number of morpholine rings is 1. The van der Waals surface area contributed by atoms with Crippen LogP contribution in [0.5, 0.6) is 5.75 Å². The summed E-state index contributed by atoms with van der Waals surface area (Å²) in [7, 11) is 0. The summed E-state index contributed by atoms with van der Waals surface area (Å²) in [5.74, 6) is 0.343. The number of hydrogen-bond donors (Lipinski definition) is 0. The first kappa shape index (κ1) is 21.3. The van der Waals surface area contributed by atoms with Crippen LogP contribution in [0.15, 0.2) is 48.5 Å². The third kappa shape index (κ3) is 5.22. The molecule has 0 radical (unpaired) electrons. The van der Waals surface area contributed by atoms with Crippen molar-refractivity contribution in [3.8, 4) is 5.75 Å². The number of halogens is 1. The van der Waals surface area contributed by atoms with E-state index in [0.29, 0.717) is 57.5 Å². The Labute approximate surface area is 181 Å². The first-order valence-electron chi connectivity index (χ1n) is 10.8. The number of piperidine rings is 1. The molecule has 2 saturated heterocycles. The highest BCUT2D eigenvalue weighted by Crippen LogP contribution is 2.22. The summed E-state index contributed by atoms with van der Waals surface area (Å²) in [5, 5.41) is 0. The molecule has 0 atom stereocenters. The fraction of sp³-hybridized carbons (Fsp3) is 0.417. The minimum atomic E-state index is -0.478. The SMILES string of the molecule is O=C(c1ccc(OCC2CCN(C(=O)c3ccccc3F)CC2)cc1)N1CCOCC1. The molecule has 0 saturated carbocycles. The predicted octanol–water partition coefficient (Wildman–Crippen LogP) is 3.23. The van der Waals surface area contributed by atoms with Gasteiger partial charge in [0.25, 0.3) is 11.8 Å². The average molecular weight is 426 g/mol. The molecule has 2 aromatic rings. The van der Waals surface area contributed by atoms with Gasteiger partial charge in [0.15, 0.2) is 0 Å². The molecule has 0 N–H and O–H groups in total. The molecular formula is C24H27FN2O4. The maximum Gasteiger partial charge on any atom is 0.256 e. The summed E-state index contributed by atoms with van der Waals surface area (Å²) in [6, 6.07) is 13.3. The van der Waals surface area contributed by atoms with E-state index in [0.717, 1.165) is 18.6 Å². The van der Waals surface area contributed by atoms with E-state index in [9.17, 15) is 14.0 Å². The minimum absolute atomic E-state index is 0.0155. The number of rotatable bonds is 5. The van der Waals surface area contributed by atoms with Crippen LogP contribution in [0, 0.1) is 11.7 Å². The number of benzene rings is 2. The van der Waals surface area contributed by atoms with Crippen LogP contribution < -0.4 is 4.74 Å². The maximum atomic E-state index is 13.9. The third-order valence-corrected chi connectivity index (χ3v) is 5.89. The molecular weight excluding hydrogens is 399 g/mol. The third-order valence-electron chi connectivity index (χ3n) is 5.89. The molecule has 2 aromatic carbocycles. The molecule has 0 bridgehead atoms. The topological polar surface area (TPSA) is 59.1 Å². The van der Waals surface area contributed by atoms with Gasteiger partial charge in [-0.05, 0) is 55.2 Å². The zero-order chi connectivity index (χ0) is 21.6. The van der Waals surface area contributed by atoms with Crippen LogP contribution in [0.4, 0.5) is 4.39 Å². The summed E-state index contributed by atoms with van der Waals surface area (Å²) in [5.41, 5.74) is 0.776. The number of carbonyl (C=O) groups is 2. The van der Waals surface area contributed by atoms with Crippen molar-refractivity contribution in [2.45, 2.75) is 12.8 Å². The molecule has 0 aromatic heterocycles. The van der Waals surface area contributed by atoms with Crippen LogP contribution in [0.25, 0.3) is 0 Å². The smallest absolute Gasteiger partial charge is 0.256 e. The van der Waals surface area contributed by atoms with Crippen LogP contribution in [0.2, 0.25) is 0 Å². The van der Waals surface area contributed by atoms with Crippen LogP contribution in [0.3, 0.4) is 0 Å². The van der Waals surface area contributed by atoms with Gasteiger partial charge in [-0.3, -0.25) is 9.59 Å². The van der Waals surface area contributed by atoms with Gasteiger partial charge in [-0.15, -0.1) is 0 Å². The molecule has 2 aliphatic rings. The van der Waals surface area contributed by atoms with Crippen molar-refractivity contribution in [1.29, 1.82) is 0 Å². The second-order valence-electron chi connectivity index (χ2n) is 7.96. The summed E-state index contributed by atoms with van der Waals surface area (Å²) in [6.07, 6.45) is 1.63. The molecule has 2 amide bonds. The van der Waals surface area contributed by atoms with Crippen molar-refractivity contribution in [1.82, 2.24) is 9.80 Å². The Hall–Kier alpha value is -2.93. The number of amides is 2. The largest absolute Gasteiger partial charge is 0.493 e. The van der Waals surface area contributed by atoms with Gasteiger partial charge < -0.3 is 19.3 Å². The van der Waals surface area contributed by atoms with Gasteiger partial charge in [0, 0.05) is 31.7 Å². The standard InChI is InChI=1S/C24H27FN2O4/c25-22-4-2-1-3-21(22)24(29)26-11-9-18(10-12-26)17-31-20-7-5-19(6-8-20)23(28)27-13-15-30-16-14-27/h1-8,18H,9-17H2. The lowest BCUT2D eigenvalue weighted by Crippen LogP contribution is -2.40.